The van der Waals surface area contributed by atoms with Crippen LogP contribution in [0.3, 0.4) is 0 Å². The number of epoxide rings is 2. The Morgan fingerprint density at radius 3 is 1.15 bits per heavy atom. The second kappa shape index (κ2) is 11.3. The lowest BCUT2D eigenvalue weighted by Gasteiger charge is -1.98. The molecule has 2 unspecified atom stereocenters. The molecular formula is C24H26O3. The monoisotopic (exact) mass is 362 g/mol. The van der Waals surface area contributed by atoms with Gasteiger partial charge in [-0.25, -0.2) is 0 Å². The molecule has 5 rings (SSSR count). The number of rotatable bonds is 5. The van der Waals surface area contributed by atoms with E-state index in [0.717, 1.165) is 26.4 Å². The highest BCUT2D eigenvalue weighted by Crippen LogP contribution is 2.17. The van der Waals surface area contributed by atoms with Crippen LogP contribution in [0.4, 0.5) is 0 Å². The lowest BCUT2D eigenvalue weighted by Crippen LogP contribution is -2.06. The number of hydrogen-bond donors (Lipinski definition) is 0. The average molecular weight is 362 g/mol. The summed E-state index contributed by atoms with van der Waals surface area (Å²) in [7, 11) is 0. The lowest BCUT2D eigenvalue weighted by molar-refractivity contribution is 0.102. The summed E-state index contributed by atoms with van der Waals surface area (Å²) in [6.45, 7) is 3.26. The standard InChI is InChI=1S/C12H10.C6H10O3.C6H6/c1-3-7-11(8-4-1)12-9-5-2-6-10-12;1(5-3-8-5)7-2-6-4-9-6;1-2-4-6-5-3-1/h1-10H;5-6H,1-4H2;1-6H. The fraction of sp³-hybridized carbons (Fsp3) is 0.250. The fourth-order valence-electron chi connectivity index (χ4n) is 2.31. The van der Waals surface area contributed by atoms with Crippen molar-refractivity contribution >= 4 is 0 Å². The van der Waals surface area contributed by atoms with Crippen LogP contribution in [0.5, 0.6) is 0 Å². The van der Waals surface area contributed by atoms with E-state index in [1.807, 2.05) is 48.5 Å². The van der Waals surface area contributed by atoms with Crippen molar-refractivity contribution in [2.24, 2.45) is 0 Å². The predicted molar refractivity (Wildman–Crippen MR) is 109 cm³/mol. The molecule has 0 radical (unpaired) electrons. The van der Waals surface area contributed by atoms with Crippen LogP contribution in [0, 0.1) is 0 Å². The van der Waals surface area contributed by atoms with E-state index in [1.165, 1.54) is 11.1 Å². The van der Waals surface area contributed by atoms with Crippen molar-refractivity contribution in [3.63, 3.8) is 0 Å². The third kappa shape index (κ3) is 8.65. The van der Waals surface area contributed by atoms with E-state index in [4.69, 9.17) is 14.2 Å². The van der Waals surface area contributed by atoms with Crippen LogP contribution in [0.15, 0.2) is 97.1 Å². The zero-order chi connectivity index (χ0) is 18.6. The SMILES string of the molecule is C(OCC1CO1)C1CO1.c1ccc(-c2ccccc2)cc1.c1ccccc1. The summed E-state index contributed by atoms with van der Waals surface area (Å²) in [5, 5.41) is 0. The first kappa shape index (κ1) is 19.3. The molecule has 2 atom stereocenters. The Hall–Kier alpha value is -2.46. The van der Waals surface area contributed by atoms with Crippen molar-refractivity contribution in [1.82, 2.24) is 0 Å². The normalized spacial score (nSPS) is 19.0. The van der Waals surface area contributed by atoms with Crippen molar-refractivity contribution in [2.75, 3.05) is 26.4 Å². The maximum atomic E-state index is 5.23. The van der Waals surface area contributed by atoms with Gasteiger partial charge in [0.25, 0.3) is 0 Å². The van der Waals surface area contributed by atoms with Crippen LogP contribution in [-0.2, 0) is 14.2 Å². The van der Waals surface area contributed by atoms with Crippen LogP contribution >= 0.6 is 0 Å². The van der Waals surface area contributed by atoms with Gasteiger partial charge in [0.1, 0.15) is 12.2 Å². The second-order valence-electron chi connectivity index (χ2n) is 6.33. The molecule has 0 bridgehead atoms. The maximum absolute atomic E-state index is 5.23. The van der Waals surface area contributed by atoms with Crippen molar-refractivity contribution in [1.29, 1.82) is 0 Å². The first-order valence-electron chi connectivity index (χ1n) is 9.33. The maximum Gasteiger partial charge on any atom is 0.104 e. The van der Waals surface area contributed by atoms with Gasteiger partial charge in [0.15, 0.2) is 0 Å². The predicted octanol–water partition coefficient (Wildman–Crippen LogP) is 4.84. The topological polar surface area (TPSA) is 34.3 Å². The van der Waals surface area contributed by atoms with Gasteiger partial charge in [-0.15, -0.1) is 0 Å². The quantitative estimate of drug-likeness (QED) is 0.609. The zero-order valence-electron chi connectivity index (χ0n) is 15.4. The van der Waals surface area contributed by atoms with Crippen molar-refractivity contribution in [2.45, 2.75) is 12.2 Å². The van der Waals surface area contributed by atoms with Crippen LogP contribution < -0.4 is 0 Å². The minimum atomic E-state index is 0.392. The Bertz CT molecular complexity index is 647. The zero-order valence-corrected chi connectivity index (χ0v) is 15.4. The van der Waals surface area contributed by atoms with Gasteiger partial charge < -0.3 is 14.2 Å². The molecule has 3 aromatic rings. The van der Waals surface area contributed by atoms with Gasteiger partial charge >= 0.3 is 0 Å². The third-order valence-corrected chi connectivity index (χ3v) is 3.96. The lowest BCUT2D eigenvalue weighted by atomic mass is 10.1. The molecule has 2 aliphatic heterocycles. The number of benzene rings is 3. The molecule has 0 amide bonds. The highest BCUT2D eigenvalue weighted by molar-refractivity contribution is 5.62. The Balaban J connectivity index is 0.000000124. The summed E-state index contributed by atoms with van der Waals surface area (Å²) in [4.78, 5) is 0. The highest BCUT2D eigenvalue weighted by Gasteiger charge is 2.26. The Labute approximate surface area is 161 Å². The van der Waals surface area contributed by atoms with Gasteiger partial charge in [0.2, 0.25) is 0 Å². The van der Waals surface area contributed by atoms with Crippen LogP contribution in [0.1, 0.15) is 0 Å². The first-order chi connectivity index (χ1) is 13.4. The molecule has 0 spiro atoms. The first-order valence-corrected chi connectivity index (χ1v) is 9.33. The van der Waals surface area contributed by atoms with Gasteiger partial charge in [-0.1, -0.05) is 97.1 Å². The second-order valence-corrected chi connectivity index (χ2v) is 6.33. The van der Waals surface area contributed by atoms with E-state index in [9.17, 15) is 0 Å². The van der Waals surface area contributed by atoms with Gasteiger partial charge in [-0.05, 0) is 11.1 Å². The number of hydrogen-bond acceptors (Lipinski definition) is 3. The van der Waals surface area contributed by atoms with Crippen molar-refractivity contribution < 1.29 is 14.2 Å². The molecule has 0 aliphatic carbocycles. The van der Waals surface area contributed by atoms with E-state index in [-0.39, 0.29) is 0 Å². The van der Waals surface area contributed by atoms with E-state index in [1.54, 1.807) is 0 Å². The average Bonchev–Trinajstić information content (AvgIpc) is 3.68. The fourth-order valence-corrected chi connectivity index (χ4v) is 2.31. The smallest absolute Gasteiger partial charge is 0.104 e. The molecule has 3 aromatic carbocycles. The largest absolute Gasteiger partial charge is 0.376 e. The van der Waals surface area contributed by atoms with Gasteiger partial charge in [-0.3, -0.25) is 0 Å². The van der Waals surface area contributed by atoms with Crippen molar-refractivity contribution in [3.05, 3.63) is 97.1 Å². The molecule has 140 valence electrons. The molecule has 0 N–H and O–H groups in total. The highest BCUT2D eigenvalue weighted by atomic mass is 16.6. The summed E-state index contributed by atoms with van der Waals surface area (Å²) < 4.78 is 15.1. The minimum absolute atomic E-state index is 0.392. The van der Waals surface area contributed by atoms with Crippen molar-refractivity contribution in [3.8, 4) is 11.1 Å². The molecule has 3 heteroatoms. The molecule has 27 heavy (non-hydrogen) atoms. The van der Waals surface area contributed by atoms with Gasteiger partial charge in [0, 0.05) is 0 Å². The summed E-state index contributed by atoms with van der Waals surface area (Å²) in [6.07, 6.45) is 0.785. The molecule has 2 fully saturated rings. The molecule has 2 saturated heterocycles. The van der Waals surface area contributed by atoms with Crippen LogP contribution in [0.25, 0.3) is 11.1 Å². The summed E-state index contributed by atoms with van der Waals surface area (Å²) >= 11 is 0. The third-order valence-electron chi connectivity index (χ3n) is 3.96. The minimum Gasteiger partial charge on any atom is -0.376 e. The van der Waals surface area contributed by atoms with Gasteiger partial charge in [0.05, 0.1) is 26.4 Å². The Morgan fingerprint density at radius 1 is 0.556 bits per heavy atom. The molecule has 0 saturated carbocycles. The summed E-state index contributed by atoms with van der Waals surface area (Å²) in [5.74, 6) is 0. The molecular weight excluding hydrogens is 336 g/mol. The van der Waals surface area contributed by atoms with Crippen LogP contribution in [-0.4, -0.2) is 38.6 Å². The van der Waals surface area contributed by atoms with Crippen LogP contribution in [0.2, 0.25) is 0 Å². The Morgan fingerprint density at radius 2 is 0.852 bits per heavy atom. The molecule has 3 nitrogen and oxygen atoms in total. The van der Waals surface area contributed by atoms with E-state index in [0.29, 0.717) is 12.2 Å². The summed E-state index contributed by atoms with van der Waals surface area (Å²) in [6, 6.07) is 32.8. The number of ether oxygens (including phenoxy) is 3. The van der Waals surface area contributed by atoms with E-state index < -0.39 is 0 Å². The molecule has 2 aliphatic rings. The molecule has 2 heterocycles. The Kier molecular flexibility index (Phi) is 8.08. The molecule has 0 aromatic heterocycles. The van der Waals surface area contributed by atoms with E-state index >= 15 is 0 Å². The van der Waals surface area contributed by atoms with Gasteiger partial charge in [-0.2, -0.15) is 0 Å². The summed E-state index contributed by atoms with van der Waals surface area (Å²) in [5.41, 5.74) is 2.55. The van der Waals surface area contributed by atoms with E-state index in [2.05, 4.69) is 48.5 Å².